The number of benzene rings is 1. The van der Waals surface area contributed by atoms with E-state index in [9.17, 15) is 9.18 Å². The maximum Gasteiger partial charge on any atom is 0.310 e. The molecule has 3 heteroatoms. The number of ether oxygens (including phenoxy) is 1. The van der Waals surface area contributed by atoms with Crippen LogP contribution >= 0.6 is 0 Å². The van der Waals surface area contributed by atoms with Gasteiger partial charge < -0.3 is 4.74 Å². The van der Waals surface area contributed by atoms with E-state index in [1.54, 1.807) is 32.9 Å². The van der Waals surface area contributed by atoms with Crippen molar-refractivity contribution >= 4 is 5.97 Å². The Kier molecular flexibility index (Phi) is 3.83. The molecule has 0 aliphatic carbocycles. The number of halogens is 1. The molecule has 0 radical (unpaired) electrons. The molecule has 0 aromatic heterocycles. The first kappa shape index (κ1) is 11.7. The van der Waals surface area contributed by atoms with Crippen LogP contribution in [0, 0.1) is 19.7 Å². The average molecular weight is 210 g/mol. The molecule has 15 heavy (non-hydrogen) atoms. The van der Waals surface area contributed by atoms with Gasteiger partial charge in [-0.25, -0.2) is 4.39 Å². The molecular formula is C12H15FO2. The summed E-state index contributed by atoms with van der Waals surface area (Å²) in [6, 6.07) is 3.45. The lowest BCUT2D eigenvalue weighted by Crippen LogP contribution is -2.09. The minimum atomic E-state index is -0.316. The smallest absolute Gasteiger partial charge is 0.310 e. The van der Waals surface area contributed by atoms with Crippen molar-refractivity contribution in [3.63, 3.8) is 0 Å². The van der Waals surface area contributed by atoms with Gasteiger partial charge in [-0.2, -0.15) is 0 Å². The predicted molar refractivity (Wildman–Crippen MR) is 56.2 cm³/mol. The molecule has 0 spiro atoms. The van der Waals surface area contributed by atoms with Crippen LogP contribution in [0.1, 0.15) is 23.6 Å². The van der Waals surface area contributed by atoms with Crippen molar-refractivity contribution in [1.82, 2.24) is 0 Å². The van der Waals surface area contributed by atoms with E-state index in [4.69, 9.17) is 4.74 Å². The number of carbonyl (C=O) groups is 1. The first-order chi connectivity index (χ1) is 7.06. The molecule has 1 aromatic rings. The molecule has 82 valence electrons. The van der Waals surface area contributed by atoms with Crippen LogP contribution in [-0.2, 0) is 16.0 Å². The normalized spacial score (nSPS) is 10.1. The highest BCUT2D eigenvalue weighted by molar-refractivity contribution is 5.73. The Morgan fingerprint density at radius 1 is 1.40 bits per heavy atom. The Hall–Kier alpha value is -1.38. The van der Waals surface area contributed by atoms with Crippen molar-refractivity contribution in [2.24, 2.45) is 0 Å². The van der Waals surface area contributed by atoms with Crippen molar-refractivity contribution < 1.29 is 13.9 Å². The predicted octanol–water partition coefficient (Wildman–Crippen LogP) is 2.55. The van der Waals surface area contributed by atoms with Gasteiger partial charge in [-0.3, -0.25) is 4.79 Å². The van der Waals surface area contributed by atoms with Crippen LogP contribution in [0.3, 0.4) is 0 Å². The highest BCUT2D eigenvalue weighted by Gasteiger charge is 2.10. The van der Waals surface area contributed by atoms with Gasteiger partial charge in [0.1, 0.15) is 5.82 Å². The average Bonchev–Trinajstić information content (AvgIpc) is 2.20. The van der Waals surface area contributed by atoms with Crippen LogP contribution in [0.4, 0.5) is 4.39 Å². The fraction of sp³-hybridized carbons (Fsp3) is 0.417. The summed E-state index contributed by atoms with van der Waals surface area (Å²) in [5.74, 6) is -0.555. The molecule has 0 fully saturated rings. The zero-order chi connectivity index (χ0) is 11.4. The van der Waals surface area contributed by atoms with Gasteiger partial charge in [0.15, 0.2) is 0 Å². The second-order valence-corrected chi connectivity index (χ2v) is 3.46. The van der Waals surface area contributed by atoms with Crippen molar-refractivity contribution in [2.75, 3.05) is 6.61 Å². The van der Waals surface area contributed by atoms with Crippen LogP contribution in [0.25, 0.3) is 0 Å². The summed E-state index contributed by atoms with van der Waals surface area (Å²) in [6.45, 7) is 5.49. The van der Waals surface area contributed by atoms with E-state index in [0.717, 1.165) is 0 Å². The standard InChI is InChI=1S/C12H15FO2/c1-4-15-11(14)7-10-6-5-8(2)12(13)9(10)3/h5-6H,4,7H2,1-3H3. The number of aryl methyl sites for hydroxylation is 1. The van der Waals surface area contributed by atoms with Gasteiger partial charge in [0.2, 0.25) is 0 Å². The molecule has 0 heterocycles. The lowest BCUT2D eigenvalue weighted by Gasteiger charge is -2.08. The lowest BCUT2D eigenvalue weighted by molar-refractivity contribution is -0.142. The summed E-state index contributed by atoms with van der Waals surface area (Å²) in [5, 5.41) is 0. The number of hydrogen-bond acceptors (Lipinski definition) is 2. The topological polar surface area (TPSA) is 26.3 Å². The summed E-state index contributed by atoms with van der Waals surface area (Å²) in [6.07, 6.45) is 0.136. The Bertz CT molecular complexity index is 372. The third kappa shape index (κ3) is 2.78. The maximum absolute atomic E-state index is 13.5. The van der Waals surface area contributed by atoms with Gasteiger partial charge >= 0.3 is 5.97 Å². The molecule has 0 N–H and O–H groups in total. The maximum atomic E-state index is 13.5. The van der Waals surface area contributed by atoms with Crippen LogP contribution in [0.15, 0.2) is 12.1 Å². The summed E-state index contributed by atoms with van der Waals surface area (Å²) in [7, 11) is 0. The van der Waals surface area contributed by atoms with Crippen LogP contribution in [0.2, 0.25) is 0 Å². The Balaban J connectivity index is 2.87. The van der Waals surface area contributed by atoms with E-state index in [2.05, 4.69) is 0 Å². The number of carbonyl (C=O) groups excluding carboxylic acids is 1. The van der Waals surface area contributed by atoms with Gasteiger partial charge in [0.05, 0.1) is 13.0 Å². The third-order valence-electron chi connectivity index (χ3n) is 2.33. The molecule has 0 aliphatic rings. The summed E-state index contributed by atoms with van der Waals surface area (Å²) < 4.78 is 18.3. The number of esters is 1. The fourth-order valence-electron chi connectivity index (χ4n) is 1.42. The lowest BCUT2D eigenvalue weighted by atomic mass is 10.0. The minimum Gasteiger partial charge on any atom is -0.466 e. The molecule has 0 amide bonds. The van der Waals surface area contributed by atoms with Gasteiger partial charge in [0, 0.05) is 0 Å². The second-order valence-electron chi connectivity index (χ2n) is 3.46. The second kappa shape index (κ2) is 4.91. The summed E-state index contributed by atoms with van der Waals surface area (Å²) in [5.41, 5.74) is 1.82. The molecule has 1 aromatic carbocycles. The Morgan fingerprint density at radius 2 is 2.07 bits per heavy atom. The molecule has 2 nitrogen and oxygen atoms in total. The molecular weight excluding hydrogens is 195 g/mol. The van der Waals surface area contributed by atoms with Gasteiger partial charge in [-0.1, -0.05) is 12.1 Å². The molecule has 0 atom stereocenters. The van der Waals surface area contributed by atoms with Crippen molar-refractivity contribution in [1.29, 1.82) is 0 Å². The zero-order valence-electron chi connectivity index (χ0n) is 9.26. The van der Waals surface area contributed by atoms with E-state index in [1.807, 2.05) is 0 Å². The zero-order valence-corrected chi connectivity index (χ0v) is 9.26. The third-order valence-corrected chi connectivity index (χ3v) is 2.33. The summed E-state index contributed by atoms with van der Waals surface area (Å²) >= 11 is 0. The van der Waals surface area contributed by atoms with Gasteiger partial charge in [-0.05, 0) is 37.5 Å². The quantitative estimate of drug-likeness (QED) is 0.717. The largest absolute Gasteiger partial charge is 0.466 e. The van der Waals surface area contributed by atoms with E-state index >= 15 is 0 Å². The Labute approximate surface area is 89.1 Å². The van der Waals surface area contributed by atoms with Gasteiger partial charge in [-0.15, -0.1) is 0 Å². The Morgan fingerprint density at radius 3 is 2.67 bits per heavy atom. The van der Waals surface area contributed by atoms with Crippen molar-refractivity contribution in [3.8, 4) is 0 Å². The van der Waals surface area contributed by atoms with E-state index < -0.39 is 0 Å². The van der Waals surface area contributed by atoms with Crippen molar-refractivity contribution in [2.45, 2.75) is 27.2 Å². The first-order valence-corrected chi connectivity index (χ1v) is 4.96. The highest BCUT2D eigenvalue weighted by Crippen LogP contribution is 2.17. The number of hydrogen-bond donors (Lipinski definition) is 0. The molecule has 0 saturated heterocycles. The monoisotopic (exact) mass is 210 g/mol. The molecule has 0 unspecified atom stereocenters. The first-order valence-electron chi connectivity index (χ1n) is 4.96. The van der Waals surface area contributed by atoms with E-state index in [1.165, 1.54) is 0 Å². The summed E-state index contributed by atoms with van der Waals surface area (Å²) in [4.78, 5) is 11.2. The molecule has 0 aliphatic heterocycles. The highest BCUT2D eigenvalue weighted by atomic mass is 19.1. The number of rotatable bonds is 3. The van der Waals surface area contributed by atoms with E-state index in [-0.39, 0.29) is 18.2 Å². The molecule has 1 rings (SSSR count). The van der Waals surface area contributed by atoms with Crippen LogP contribution < -0.4 is 0 Å². The van der Waals surface area contributed by atoms with Crippen LogP contribution in [-0.4, -0.2) is 12.6 Å². The minimum absolute atomic E-state index is 0.136. The fourth-order valence-corrected chi connectivity index (χ4v) is 1.42. The molecule has 0 bridgehead atoms. The van der Waals surface area contributed by atoms with E-state index in [0.29, 0.717) is 23.3 Å². The van der Waals surface area contributed by atoms with Gasteiger partial charge in [0.25, 0.3) is 0 Å². The molecule has 0 saturated carbocycles. The SMILES string of the molecule is CCOC(=O)Cc1ccc(C)c(F)c1C. The van der Waals surface area contributed by atoms with Crippen molar-refractivity contribution in [3.05, 3.63) is 34.6 Å². The van der Waals surface area contributed by atoms with Crippen LogP contribution in [0.5, 0.6) is 0 Å².